The Morgan fingerprint density at radius 3 is 2.55 bits per heavy atom. The summed E-state index contributed by atoms with van der Waals surface area (Å²) in [6, 6.07) is 10.0. The van der Waals surface area contributed by atoms with E-state index >= 15 is 0 Å². The first-order chi connectivity index (χ1) is 5.43. The lowest BCUT2D eigenvalue weighted by molar-refractivity contribution is 1.53. The van der Waals surface area contributed by atoms with Crippen molar-refractivity contribution in [2.75, 3.05) is 0 Å². The summed E-state index contributed by atoms with van der Waals surface area (Å²) in [5.41, 5.74) is 1.13. The van der Waals surface area contributed by atoms with Crippen LogP contribution in [0.5, 0.6) is 0 Å². The van der Waals surface area contributed by atoms with Gasteiger partial charge in [-0.15, -0.1) is 0 Å². The number of benzene rings is 1. The van der Waals surface area contributed by atoms with Gasteiger partial charge in [-0.25, -0.2) is 0 Å². The molecule has 1 rings (SSSR count). The van der Waals surface area contributed by atoms with Crippen LogP contribution in [0, 0.1) is 0 Å². The molecule has 1 aromatic carbocycles. The molecule has 0 aliphatic heterocycles. The summed E-state index contributed by atoms with van der Waals surface area (Å²) in [4.78, 5) is 4.05. The zero-order valence-electron chi connectivity index (χ0n) is 6.57. The number of hydrogen-bond donors (Lipinski definition) is 0. The molecule has 56 valence electrons. The number of hydrogen-bond acceptors (Lipinski definition) is 1. The Hall–Kier alpha value is -1.37. The van der Waals surface area contributed by atoms with E-state index in [0.29, 0.717) is 0 Å². The van der Waals surface area contributed by atoms with Crippen LogP contribution in [-0.4, -0.2) is 6.21 Å². The summed E-state index contributed by atoms with van der Waals surface area (Å²) in [5, 5.41) is 0. The van der Waals surface area contributed by atoms with Crippen molar-refractivity contribution in [2.45, 2.75) is 6.92 Å². The van der Waals surface area contributed by atoms with Crippen LogP contribution >= 0.6 is 0 Å². The molecule has 0 fully saturated rings. The summed E-state index contributed by atoms with van der Waals surface area (Å²) in [6.07, 6.45) is 5.51. The molecule has 0 atom stereocenters. The van der Waals surface area contributed by atoms with Gasteiger partial charge in [0.2, 0.25) is 0 Å². The maximum absolute atomic E-state index is 4.05. The lowest BCUT2D eigenvalue weighted by atomic mass is 10.2. The highest BCUT2D eigenvalue weighted by Gasteiger charge is 1.79. The zero-order chi connectivity index (χ0) is 7.94. The summed E-state index contributed by atoms with van der Waals surface area (Å²) in [5.74, 6) is 0. The Balaban J connectivity index is 2.64. The third-order valence-electron chi connectivity index (χ3n) is 1.26. The second kappa shape index (κ2) is 4.45. The van der Waals surface area contributed by atoms with Crippen molar-refractivity contribution in [1.82, 2.24) is 0 Å². The number of nitrogens with zero attached hydrogens (tertiary/aromatic N) is 1. The lowest BCUT2D eigenvalue weighted by Crippen LogP contribution is -1.75. The molecular formula is C10H11N. The normalized spacial score (nSPS) is 11.4. The van der Waals surface area contributed by atoms with E-state index in [2.05, 4.69) is 4.99 Å². The van der Waals surface area contributed by atoms with Crippen molar-refractivity contribution in [3.05, 3.63) is 48.2 Å². The smallest absolute Gasteiger partial charge is 0.0340 e. The van der Waals surface area contributed by atoms with Crippen LogP contribution < -0.4 is 0 Å². The molecule has 0 spiro atoms. The molecule has 0 N–H and O–H groups in total. The molecule has 0 aliphatic carbocycles. The molecule has 0 saturated carbocycles. The highest BCUT2D eigenvalue weighted by Crippen LogP contribution is 1.93. The number of aliphatic imine (C=N–C) groups is 1. The van der Waals surface area contributed by atoms with E-state index in [4.69, 9.17) is 0 Å². The summed E-state index contributed by atoms with van der Waals surface area (Å²) in [7, 11) is 0. The van der Waals surface area contributed by atoms with Gasteiger partial charge in [-0.3, -0.25) is 4.99 Å². The minimum atomic E-state index is 1.13. The largest absolute Gasteiger partial charge is 0.264 e. The standard InChI is InChI=1S/C10H11N/c1-2-8-11-9-10-6-4-3-5-7-10/h2-9H,1H3. The van der Waals surface area contributed by atoms with Crippen LogP contribution in [0.15, 0.2) is 47.6 Å². The fourth-order valence-electron chi connectivity index (χ4n) is 0.754. The molecule has 0 radical (unpaired) electrons. The van der Waals surface area contributed by atoms with Gasteiger partial charge in [0, 0.05) is 12.4 Å². The predicted molar refractivity (Wildman–Crippen MR) is 48.9 cm³/mol. The van der Waals surface area contributed by atoms with Gasteiger partial charge < -0.3 is 0 Å². The van der Waals surface area contributed by atoms with Crippen LogP contribution in [0.3, 0.4) is 0 Å². The minimum Gasteiger partial charge on any atom is -0.264 e. The van der Waals surface area contributed by atoms with Gasteiger partial charge in [-0.1, -0.05) is 36.4 Å². The van der Waals surface area contributed by atoms with Crippen molar-refractivity contribution in [3.8, 4) is 0 Å². The van der Waals surface area contributed by atoms with Crippen LogP contribution in [0.2, 0.25) is 0 Å². The molecule has 0 unspecified atom stereocenters. The fraction of sp³-hybridized carbons (Fsp3) is 0.100. The molecular weight excluding hydrogens is 134 g/mol. The number of rotatable bonds is 2. The van der Waals surface area contributed by atoms with Gasteiger partial charge in [0.15, 0.2) is 0 Å². The highest BCUT2D eigenvalue weighted by molar-refractivity contribution is 5.79. The first kappa shape index (κ1) is 7.73. The van der Waals surface area contributed by atoms with Crippen molar-refractivity contribution < 1.29 is 0 Å². The topological polar surface area (TPSA) is 12.4 Å². The van der Waals surface area contributed by atoms with Crippen molar-refractivity contribution in [3.63, 3.8) is 0 Å². The Labute approximate surface area is 67.1 Å². The van der Waals surface area contributed by atoms with Crippen LogP contribution in [0.4, 0.5) is 0 Å². The first-order valence-corrected chi connectivity index (χ1v) is 3.63. The molecule has 11 heavy (non-hydrogen) atoms. The SMILES string of the molecule is CC=CN=Cc1ccccc1. The summed E-state index contributed by atoms with van der Waals surface area (Å²) in [6.45, 7) is 1.95. The van der Waals surface area contributed by atoms with Crippen molar-refractivity contribution in [1.29, 1.82) is 0 Å². The Kier molecular flexibility index (Phi) is 3.13. The molecule has 0 aliphatic rings. The highest BCUT2D eigenvalue weighted by atomic mass is 14.7. The van der Waals surface area contributed by atoms with Gasteiger partial charge in [-0.2, -0.15) is 0 Å². The van der Waals surface area contributed by atoms with E-state index in [1.807, 2.05) is 49.5 Å². The molecule has 1 heteroatoms. The van der Waals surface area contributed by atoms with Crippen LogP contribution in [0.1, 0.15) is 12.5 Å². The van der Waals surface area contributed by atoms with E-state index in [1.54, 1.807) is 6.20 Å². The molecule has 0 heterocycles. The third kappa shape index (κ3) is 2.80. The van der Waals surface area contributed by atoms with E-state index < -0.39 is 0 Å². The summed E-state index contributed by atoms with van der Waals surface area (Å²) < 4.78 is 0. The molecule has 0 bridgehead atoms. The van der Waals surface area contributed by atoms with E-state index in [-0.39, 0.29) is 0 Å². The maximum Gasteiger partial charge on any atom is 0.0340 e. The van der Waals surface area contributed by atoms with Gasteiger partial charge in [0.05, 0.1) is 0 Å². The molecule has 0 amide bonds. The van der Waals surface area contributed by atoms with Gasteiger partial charge in [-0.05, 0) is 12.5 Å². The van der Waals surface area contributed by atoms with Crippen molar-refractivity contribution in [2.24, 2.45) is 4.99 Å². The second-order valence-electron chi connectivity index (χ2n) is 2.17. The number of allylic oxidation sites excluding steroid dienone is 1. The molecule has 1 nitrogen and oxygen atoms in total. The van der Waals surface area contributed by atoms with E-state index in [9.17, 15) is 0 Å². The summed E-state index contributed by atoms with van der Waals surface area (Å²) >= 11 is 0. The third-order valence-corrected chi connectivity index (χ3v) is 1.26. The average molecular weight is 145 g/mol. The lowest BCUT2D eigenvalue weighted by Gasteiger charge is -1.86. The Morgan fingerprint density at radius 2 is 1.91 bits per heavy atom. The Morgan fingerprint density at radius 1 is 1.18 bits per heavy atom. The van der Waals surface area contributed by atoms with E-state index in [0.717, 1.165) is 5.56 Å². The quantitative estimate of drug-likeness (QED) is 0.567. The predicted octanol–water partition coefficient (Wildman–Crippen LogP) is 2.64. The van der Waals surface area contributed by atoms with Crippen LogP contribution in [0.25, 0.3) is 0 Å². The first-order valence-electron chi connectivity index (χ1n) is 3.63. The van der Waals surface area contributed by atoms with E-state index in [1.165, 1.54) is 0 Å². The maximum atomic E-state index is 4.05. The van der Waals surface area contributed by atoms with Crippen molar-refractivity contribution >= 4 is 6.21 Å². The monoisotopic (exact) mass is 145 g/mol. The van der Waals surface area contributed by atoms with Gasteiger partial charge >= 0.3 is 0 Å². The zero-order valence-corrected chi connectivity index (χ0v) is 6.57. The molecule has 0 saturated heterocycles. The Bertz CT molecular complexity index is 247. The second-order valence-corrected chi connectivity index (χ2v) is 2.17. The average Bonchev–Trinajstić information content (AvgIpc) is 2.07. The minimum absolute atomic E-state index is 1.13. The van der Waals surface area contributed by atoms with Gasteiger partial charge in [0.25, 0.3) is 0 Å². The molecule has 1 aromatic rings. The fourth-order valence-corrected chi connectivity index (χ4v) is 0.754. The van der Waals surface area contributed by atoms with Gasteiger partial charge in [0.1, 0.15) is 0 Å². The van der Waals surface area contributed by atoms with Crippen LogP contribution in [-0.2, 0) is 0 Å². The molecule has 0 aromatic heterocycles.